The zero-order valence-electron chi connectivity index (χ0n) is 14.5. The number of hydrogen-bond acceptors (Lipinski definition) is 6. The summed E-state index contributed by atoms with van der Waals surface area (Å²) in [5.41, 5.74) is 1.64. The topological polar surface area (TPSA) is 108 Å². The molecule has 3 rings (SSSR count). The Morgan fingerprint density at radius 3 is 3.20 bits per heavy atom. The van der Waals surface area contributed by atoms with Crippen molar-refractivity contribution in [3.8, 4) is 5.88 Å². The number of H-pyrrole nitrogens is 1. The average molecular weight is 345 g/mol. The molecular weight excluding hydrogens is 322 g/mol. The number of ether oxygens (including phenoxy) is 1. The minimum absolute atomic E-state index is 0.211. The molecule has 1 atom stereocenters. The van der Waals surface area contributed by atoms with Gasteiger partial charge in [0.1, 0.15) is 0 Å². The SMILES string of the molecule is CCNC(=O)Nc1cn[nH]c1[C@@H]1CCCN(c2nccc(OC)n2)C1. The number of aromatic amines is 1. The summed E-state index contributed by atoms with van der Waals surface area (Å²) in [6, 6.07) is 1.50. The molecule has 134 valence electrons. The molecule has 3 heterocycles. The molecule has 0 bridgehead atoms. The maximum absolute atomic E-state index is 11.8. The molecule has 3 N–H and O–H groups in total. The molecule has 1 aliphatic heterocycles. The van der Waals surface area contributed by atoms with Gasteiger partial charge in [-0.3, -0.25) is 5.10 Å². The Labute approximate surface area is 146 Å². The normalized spacial score (nSPS) is 17.2. The van der Waals surface area contributed by atoms with Gasteiger partial charge in [0.15, 0.2) is 0 Å². The van der Waals surface area contributed by atoms with E-state index in [0.717, 1.165) is 31.6 Å². The highest BCUT2D eigenvalue weighted by molar-refractivity contribution is 5.89. The molecule has 0 saturated carbocycles. The van der Waals surface area contributed by atoms with E-state index in [1.54, 1.807) is 25.6 Å². The van der Waals surface area contributed by atoms with Crippen LogP contribution in [0.25, 0.3) is 0 Å². The molecule has 2 aromatic rings. The van der Waals surface area contributed by atoms with E-state index in [4.69, 9.17) is 4.74 Å². The van der Waals surface area contributed by atoms with Crippen molar-refractivity contribution in [3.63, 3.8) is 0 Å². The summed E-state index contributed by atoms with van der Waals surface area (Å²) in [7, 11) is 1.59. The van der Waals surface area contributed by atoms with Gasteiger partial charge >= 0.3 is 6.03 Å². The number of piperidine rings is 1. The van der Waals surface area contributed by atoms with E-state index in [1.165, 1.54) is 0 Å². The lowest BCUT2D eigenvalue weighted by atomic mass is 9.94. The van der Waals surface area contributed by atoms with Gasteiger partial charge in [0.25, 0.3) is 0 Å². The lowest BCUT2D eigenvalue weighted by Gasteiger charge is -2.32. The number of carbonyl (C=O) groups is 1. The van der Waals surface area contributed by atoms with Crippen molar-refractivity contribution < 1.29 is 9.53 Å². The second-order valence-corrected chi connectivity index (χ2v) is 5.87. The first-order chi connectivity index (χ1) is 12.2. The third-order valence-corrected chi connectivity index (χ3v) is 4.19. The van der Waals surface area contributed by atoms with Gasteiger partial charge in [-0.15, -0.1) is 0 Å². The van der Waals surface area contributed by atoms with Crippen LogP contribution in [0.2, 0.25) is 0 Å². The first kappa shape index (κ1) is 17.0. The quantitative estimate of drug-likeness (QED) is 0.762. The molecule has 0 aromatic carbocycles. The van der Waals surface area contributed by atoms with Gasteiger partial charge in [-0.2, -0.15) is 10.1 Å². The fourth-order valence-electron chi connectivity index (χ4n) is 3.03. The molecule has 1 aliphatic rings. The lowest BCUT2D eigenvalue weighted by molar-refractivity contribution is 0.252. The van der Waals surface area contributed by atoms with E-state index < -0.39 is 0 Å². The monoisotopic (exact) mass is 345 g/mol. The average Bonchev–Trinajstić information content (AvgIpc) is 3.10. The van der Waals surface area contributed by atoms with Crippen molar-refractivity contribution in [2.45, 2.75) is 25.7 Å². The number of nitrogens with one attached hydrogen (secondary N) is 3. The predicted octanol–water partition coefficient (Wildman–Crippen LogP) is 1.73. The minimum Gasteiger partial charge on any atom is -0.481 e. The molecule has 25 heavy (non-hydrogen) atoms. The predicted molar refractivity (Wildman–Crippen MR) is 94.1 cm³/mol. The van der Waals surface area contributed by atoms with Crippen LogP contribution in [0, 0.1) is 0 Å². The smallest absolute Gasteiger partial charge is 0.319 e. The summed E-state index contributed by atoms with van der Waals surface area (Å²) in [5.74, 6) is 1.41. The largest absolute Gasteiger partial charge is 0.481 e. The van der Waals surface area contributed by atoms with Crippen LogP contribution in [0.5, 0.6) is 5.88 Å². The standard InChI is InChI=1S/C16H23N7O2/c1-3-17-16(24)20-12-9-19-22-14(12)11-5-4-8-23(10-11)15-18-7-6-13(21-15)25-2/h6-7,9,11H,3-5,8,10H2,1-2H3,(H,19,22)(H2,17,20,24)/t11-/m1/s1. The van der Waals surface area contributed by atoms with Crippen LogP contribution in [-0.2, 0) is 0 Å². The van der Waals surface area contributed by atoms with E-state index in [0.29, 0.717) is 24.1 Å². The molecule has 2 amide bonds. The van der Waals surface area contributed by atoms with Crippen LogP contribution in [0.3, 0.4) is 0 Å². The number of anilines is 2. The Bertz CT molecular complexity index is 718. The minimum atomic E-state index is -0.228. The maximum atomic E-state index is 11.8. The van der Waals surface area contributed by atoms with Crippen molar-refractivity contribution in [2.75, 3.05) is 37.0 Å². The Morgan fingerprint density at radius 1 is 1.52 bits per heavy atom. The number of urea groups is 1. The molecule has 2 aromatic heterocycles. The maximum Gasteiger partial charge on any atom is 0.319 e. The summed E-state index contributed by atoms with van der Waals surface area (Å²) >= 11 is 0. The van der Waals surface area contributed by atoms with Gasteiger partial charge < -0.3 is 20.3 Å². The van der Waals surface area contributed by atoms with Crippen LogP contribution in [-0.4, -0.2) is 52.9 Å². The summed E-state index contributed by atoms with van der Waals surface area (Å²) in [6.07, 6.45) is 5.35. The second-order valence-electron chi connectivity index (χ2n) is 5.87. The van der Waals surface area contributed by atoms with Gasteiger partial charge in [-0.1, -0.05) is 0 Å². The van der Waals surface area contributed by atoms with Gasteiger partial charge in [0.2, 0.25) is 11.8 Å². The van der Waals surface area contributed by atoms with E-state index >= 15 is 0 Å². The molecule has 0 unspecified atom stereocenters. The molecule has 9 heteroatoms. The molecule has 9 nitrogen and oxygen atoms in total. The third-order valence-electron chi connectivity index (χ3n) is 4.19. The fraction of sp³-hybridized carbons (Fsp3) is 0.500. The highest BCUT2D eigenvalue weighted by atomic mass is 16.5. The van der Waals surface area contributed by atoms with E-state index in [2.05, 4.69) is 35.7 Å². The third kappa shape index (κ3) is 3.98. The zero-order chi connectivity index (χ0) is 17.6. The van der Waals surface area contributed by atoms with Gasteiger partial charge in [-0.25, -0.2) is 9.78 Å². The summed E-state index contributed by atoms with van der Waals surface area (Å²) in [4.78, 5) is 22.7. The number of aromatic nitrogens is 4. The van der Waals surface area contributed by atoms with Crippen LogP contribution in [0.15, 0.2) is 18.5 Å². The Morgan fingerprint density at radius 2 is 2.40 bits per heavy atom. The fourth-order valence-corrected chi connectivity index (χ4v) is 3.03. The molecular formula is C16H23N7O2. The summed E-state index contributed by atoms with van der Waals surface area (Å²) in [6.45, 7) is 4.09. The molecule has 0 aliphatic carbocycles. The number of hydrogen-bond donors (Lipinski definition) is 3. The van der Waals surface area contributed by atoms with Gasteiger partial charge in [0.05, 0.1) is 24.7 Å². The van der Waals surface area contributed by atoms with Crippen molar-refractivity contribution in [2.24, 2.45) is 0 Å². The van der Waals surface area contributed by atoms with Gasteiger partial charge in [-0.05, 0) is 19.8 Å². The summed E-state index contributed by atoms with van der Waals surface area (Å²) in [5, 5.41) is 12.7. The van der Waals surface area contributed by atoms with Crippen molar-refractivity contribution >= 4 is 17.7 Å². The second kappa shape index (κ2) is 7.82. The Kier molecular flexibility index (Phi) is 5.32. The lowest BCUT2D eigenvalue weighted by Crippen LogP contribution is -2.36. The zero-order valence-corrected chi connectivity index (χ0v) is 14.5. The van der Waals surface area contributed by atoms with E-state index in [-0.39, 0.29) is 11.9 Å². The van der Waals surface area contributed by atoms with Crippen LogP contribution in [0.1, 0.15) is 31.4 Å². The van der Waals surface area contributed by atoms with Crippen LogP contribution < -0.4 is 20.3 Å². The number of rotatable bonds is 5. The first-order valence-electron chi connectivity index (χ1n) is 8.41. The number of nitrogens with zero attached hydrogens (tertiary/aromatic N) is 4. The molecule has 0 spiro atoms. The number of methoxy groups -OCH3 is 1. The first-order valence-corrected chi connectivity index (χ1v) is 8.41. The Balaban J connectivity index is 1.73. The molecule has 0 radical (unpaired) electrons. The molecule has 1 saturated heterocycles. The highest BCUT2D eigenvalue weighted by Crippen LogP contribution is 2.31. The van der Waals surface area contributed by atoms with E-state index in [9.17, 15) is 4.79 Å². The van der Waals surface area contributed by atoms with Crippen LogP contribution in [0.4, 0.5) is 16.4 Å². The Hall–Kier alpha value is -2.84. The number of amides is 2. The summed E-state index contributed by atoms with van der Waals surface area (Å²) < 4.78 is 5.18. The van der Waals surface area contributed by atoms with Gasteiger partial charge in [0, 0.05) is 37.8 Å². The highest BCUT2D eigenvalue weighted by Gasteiger charge is 2.26. The van der Waals surface area contributed by atoms with Crippen molar-refractivity contribution in [3.05, 3.63) is 24.2 Å². The van der Waals surface area contributed by atoms with Crippen molar-refractivity contribution in [1.29, 1.82) is 0 Å². The van der Waals surface area contributed by atoms with E-state index in [1.807, 2.05) is 6.92 Å². The van der Waals surface area contributed by atoms with Crippen LogP contribution >= 0.6 is 0 Å². The molecule has 1 fully saturated rings. The number of carbonyl (C=O) groups excluding carboxylic acids is 1. The van der Waals surface area contributed by atoms with Crippen molar-refractivity contribution in [1.82, 2.24) is 25.5 Å².